The minimum atomic E-state index is -3.91. The number of aromatic carboxylic acids is 1. The molecule has 0 aliphatic carbocycles. The standard InChI is InChI=1S/C10H8BrN3O4S2/c1-5-6(4-7(11)19-5)20(17,18)14-9-8(10(15)16)12-2-3-13-9/h2-4H,1H3,(H,13,14)(H,15,16). The largest absolute Gasteiger partial charge is 0.476 e. The van der Waals surface area contributed by atoms with Gasteiger partial charge in [-0.1, -0.05) is 0 Å². The van der Waals surface area contributed by atoms with E-state index in [1.165, 1.54) is 29.8 Å². The van der Waals surface area contributed by atoms with E-state index < -0.39 is 21.7 Å². The number of halogens is 1. The molecule has 0 spiro atoms. The quantitative estimate of drug-likeness (QED) is 0.844. The molecule has 0 saturated heterocycles. The van der Waals surface area contributed by atoms with E-state index in [1.54, 1.807) is 6.92 Å². The summed E-state index contributed by atoms with van der Waals surface area (Å²) in [6.07, 6.45) is 2.38. The lowest BCUT2D eigenvalue weighted by Gasteiger charge is -2.08. The molecule has 106 valence electrons. The van der Waals surface area contributed by atoms with Crippen molar-refractivity contribution in [3.8, 4) is 0 Å². The van der Waals surface area contributed by atoms with E-state index in [2.05, 4.69) is 30.6 Å². The van der Waals surface area contributed by atoms with E-state index in [4.69, 9.17) is 5.11 Å². The Morgan fingerprint density at radius 3 is 2.60 bits per heavy atom. The van der Waals surface area contributed by atoms with Gasteiger partial charge in [-0.15, -0.1) is 11.3 Å². The summed E-state index contributed by atoms with van der Waals surface area (Å²) < 4.78 is 27.3. The number of rotatable bonds is 4. The van der Waals surface area contributed by atoms with Crippen LogP contribution in [-0.2, 0) is 10.0 Å². The number of hydrogen-bond donors (Lipinski definition) is 2. The first-order valence-electron chi connectivity index (χ1n) is 5.14. The Morgan fingerprint density at radius 1 is 1.40 bits per heavy atom. The number of aromatic nitrogens is 2. The van der Waals surface area contributed by atoms with Crippen LogP contribution in [0.2, 0.25) is 0 Å². The lowest BCUT2D eigenvalue weighted by Crippen LogP contribution is -2.17. The number of carboxylic acids is 1. The van der Waals surface area contributed by atoms with Gasteiger partial charge in [0.25, 0.3) is 10.0 Å². The maximum absolute atomic E-state index is 12.2. The monoisotopic (exact) mass is 377 g/mol. The molecule has 0 bridgehead atoms. The van der Waals surface area contributed by atoms with E-state index in [0.29, 0.717) is 8.66 Å². The van der Waals surface area contributed by atoms with Gasteiger partial charge in [-0.05, 0) is 28.9 Å². The molecule has 0 amide bonds. The SMILES string of the molecule is Cc1sc(Br)cc1S(=O)(=O)Nc1nccnc1C(=O)O. The van der Waals surface area contributed by atoms with Crippen molar-refractivity contribution in [3.05, 3.63) is 32.8 Å². The van der Waals surface area contributed by atoms with Crippen LogP contribution in [0.15, 0.2) is 27.1 Å². The first-order valence-corrected chi connectivity index (χ1v) is 8.23. The minimum Gasteiger partial charge on any atom is -0.476 e. The van der Waals surface area contributed by atoms with Crippen LogP contribution in [0.3, 0.4) is 0 Å². The van der Waals surface area contributed by atoms with E-state index in [0.717, 1.165) is 0 Å². The van der Waals surface area contributed by atoms with Gasteiger partial charge in [-0.25, -0.2) is 23.2 Å². The maximum Gasteiger partial charge on any atom is 0.358 e. The van der Waals surface area contributed by atoms with Gasteiger partial charge in [-0.2, -0.15) is 0 Å². The van der Waals surface area contributed by atoms with Crippen LogP contribution in [0.5, 0.6) is 0 Å². The molecule has 20 heavy (non-hydrogen) atoms. The summed E-state index contributed by atoms with van der Waals surface area (Å²) in [5.74, 6) is -1.68. The van der Waals surface area contributed by atoms with Crippen molar-refractivity contribution in [2.75, 3.05) is 4.72 Å². The molecule has 0 radical (unpaired) electrons. The van der Waals surface area contributed by atoms with Crippen molar-refractivity contribution in [1.29, 1.82) is 0 Å². The average Bonchev–Trinajstić information content (AvgIpc) is 2.69. The number of nitrogens with one attached hydrogen (secondary N) is 1. The molecule has 0 saturated carbocycles. The Kier molecular flexibility index (Phi) is 4.06. The van der Waals surface area contributed by atoms with Crippen LogP contribution in [0.25, 0.3) is 0 Å². The second-order valence-electron chi connectivity index (χ2n) is 3.64. The molecular weight excluding hydrogens is 370 g/mol. The van der Waals surface area contributed by atoms with Gasteiger partial charge in [0.05, 0.1) is 3.79 Å². The smallest absolute Gasteiger partial charge is 0.358 e. The first-order chi connectivity index (χ1) is 9.31. The fourth-order valence-corrected chi connectivity index (χ4v) is 4.88. The second-order valence-corrected chi connectivity index (χ2v) is 7.92. The van der Waals surface area contributed by atoms with E-state index in [-0.39, 0.29) is 10.7 Å². The first kappa shape index (κ1) is 14.9. The number of sulfonamides is 1. The van der Waals surface area contributed by atoms with Gasteiger partial charge in [0.15, 0.2) is 11.5 Å². The van der Waals surface area contributed by atoms with Crippen molar-refractivity contribution >= 4 is 49.1 Å². The normalized spacial score (nSPS) is 11.3. The zero-order valence-corrected chi connectivity index (χ0v) is 13.2. The third kappa shape index (κ3) is 2.97. The zero-order valence-electron chi connectivity index (χ0n) is 9.99. The summed E-state index contributed by atoms with van der Waals surface area (Å²) >= 11 is 4.47. The van der Waals surface area contributed by atoms with Gasteiger partial charge in [0.2, 0.25) is 0 Å². The topological polar surface area (TPSA) is 109 Å². The Bertz CT molecular complexity index is 773. The summed E-state index contributed by atoms with van der Waals surface area (Å²) in [4.78, 5) is 18.9. The zero-order chi connectivity index (χ0) is 14.9. The van der Waals surface area contributed by atoms with Crippen LogP contribution in [-0.4, -0.2) is 29.5 Å². The highest BCUT2D eigenvalue weighted by Crippen LogP contribution is 2.30. The molecule has 0 aromatic carbocycles. The Balaban J connectivity index is 2.44. The van der Waals surface area contributed by atoms with Crippen molar-refractivity contribution in [2.45, 2.75) is 11.8 Å². The number of thiophene rings is 1. The Morgan fingerprint density at radius 2 is 2.05 bits per heavy atom. The predicted octanol–water partition coefficient (Wildman–Crippen LogP) is 2.11. The average molecular weight is 378 g/mol. The van der Waals surface area contributed by atoms with Crippen LogP contribution in [0.4, 0.5) is 5.82 Å². The van der Waals surface area contributed by atoms with Gasteiger partial charge in [0, 0.05) is 17.3 Å². The fourth-order valence-electron chi connectivity index (χ4n) is 1.45. The van der Waals surface area contributed by atoms with Gasteiger partial charge < -0.3 is 5.11 Å². The number of carbonyl (C=O) groups is 1. The number of aryl methyl sites for hydroxylation is 1. The lowest BCUT2D eigenvalue weighted by atomic mass is 10.4. The van der Waals surface area contributed by atoms with Gasteiger partial charge in [0.1, 0.15) is 4.90 Å². The van der Waals surface area contributed by atoms with Crippen molar-refractivity contribution < 1.29 is 18.3 Å². The molecule has 2 aromatic heterocycles. The molecular formula is C10H8BrN3O4S2. The highest BCUT2D eigenvalue weighted by atomic mass is 79.9. The highest BCUT2D eigenvalue weighted by molar-refractivity contribution is 9.11. The van der Waals surface area contributed by atoms with Crippen molar-refractivity contribution in [3.63, 3.8) is 0 Å². The number of hydrogen-bond acceptors (Lipinski definition) is 6. The van der Waals surface area contributed by atoms with Gasteiger partial charge in [-0.3, -0.25) is 4.72 Å². The molecule has 2 heterocycles. The molecule has 0 atom stereocenters. The molecule has 0 unspecified atom stereocenters. The Labute approximate surface area is 126 Å². The summed E-state index contributed by atoms with van der Waals surface area (Å²) in [5.41, 5.74) is -0.456. The van der Waals surface area contributed by atoms with Crippen LogP contribution < -0.4 is 4.72 Å². The Hall–Kier alpha value is -1.52. The summed E-state index contributed by atoms with van der Waals surface area (Å²) in [7, 11) is -3.91. The molecule has 0 fully saturated rings. The van der Waals surface area contributed by atoms with Gasteiger partial charge >= 0.3 is 5.97 Å². The molecule has 7 nitrogen and oxygen atoms in total. The summed E-state index contributed by atoms with van der Waals surface area (Å²) in [6, 6.07) is 1.44. The van der Waals surface area contributed by atoms with Crippen molar-refractivity contribution in [2.24, 2.45) is 0 Å². The van der Waals surface area contributed by atoms with E-state index in [1.807, 2.05) is 0 Å². The van der Waals surface area contributed by atoms with Crippen LogP contribution >= 0.6 is 27.3 Å². The van der Waals surface area contributed by atoms with E-state index in [9.17, 15) is 13.2 Å². The minimum absolute atomic E-state index is 0.0661. The highest BCUT2D eigenvalue weighted by Gasteiger charge is 2.23. The predicted molar refractivity (Wildman–Crippen MR) is 76.6 cm³/mol. The number of nitrogens with zero attached hydrogens (tertiary/aromatic N) is 2. The third-order valence-corrected chi connectivity index (χ3v) is 5.41. The molecule has 0 aliphatic rings. The number of anilines is 1. The molecule has 10 heteroatoms. The fraction of sp³-hybridized carbons (Fsp3) is 0.100. The van der Waals surface area contributed by atoms with E-state index >= 15 is 0 Å². The van der Waals surface area contributed by atoms with Crippen molar-refractivity contribution in [1.82, 2.24) is 9.97 Å². The third-order valence-electron chi connectivity index (χ3n) is 2.26. The molecule has 0 aliphatic heterocycles. The van der Waals surface area contributed by atoms with Crippen LogP contribution in [0.1, 0.15) is 15.4 Å². The number of carboxylic acid groups (broad SMARTS) is 1. The molecule has 2 rings (SSSR count). The maximum atomic E-state index is 12.2. The second kappa shape index (κ2) is 5.46. The molecule has 2 aromatic rings. The summed E-state index contributed by atoms with van der Waals surface area (Å²) in [5, 5.41) is 8.95. The molecule has 2 N–H and O–H groups in total. The summed E-state index contributed by atoms with van der Waals surface area (Å²) in [6.45, 7) is 1.65. The lowest BCUT2D eigenvalue weighted by molar-refractivity contribution is 0.0691. The van der Waals surface area contributed by atoms with Crippen LogP contribution in [0, 0.1) is 6.92 Å².